The van der Waals surface area contributed by atoms with E-state index < -0.39 is 0 Å². The molecule has 2 aliphatic rings. The lowest BCUT2D eigenvalue weighted by Gasteiger charge is -2.42. The van der Waals surface area contributed by atoms with Gasteiger partial charge in [0.1, 0.15) is 18.5 Å². The number of carbonyl (C=O) groups is 3. The predicted molar refractivity (Wildman–Crippen MR) is 132 cm³/mol. The molecule has 0 saturated carbocycles. The molecule has 1 fully saturated rings. The number of nitrogens with one attached hydrogen (secondary N) is 2. The maximum Gasteiger partial charge on any atom is 0.257 e. The first-order valence-electron chi connectivity index (χ1n) is 12.2. The van der Waals surface area contributed by atoms with Gasteiger partial charge in [0.15, 0.2) is 0 Å². The van der Waals surface area contributed by atoms with E-state index in [4.69, 9.17) is 9.47 Å². The summed E-state index contributed by atoms with van der Waals surface area (Å²) >= 11 is 0. The number of ether oxygens (including phenoxy) is 2. The van der Waals surface area contributed by atoms with Crippen LogP contribution in [-0.4, -0.2) is 54.5 Å². The van der Waals surface area contributed by atoms with Gasteiger partial charge in [-0.05, 0) is 43.0 Å². The third-order valence-electron chi connectivity index (χ3n) is 6.52. The highest BCUT2D eigenvalue weighted by Gasteiger charge is 2.39. The molecule has 0 spiro atoms. The van der Waals surface area contributed by atoms with Gasteiger partial charge in [-0.25, -0.2) is 0 Å². The molecule has 2 heterocycles. The van der Waals surface area contributed by atoms with E-state index in [1.165, 1.54) is 0 Å². The van der Waals surface area contributed by atoms with Gasteiger partial charge >= 0.3 is 0 Å². The van der Waals surface area contributed by atoms with Crippen molar-refractivity contribution in [3.63, 3.8) is 0 Å². The molecule has 8 nitrogen and oxygen atoms in total. The maximum absolute atomic E-state index is 13.3. The molecule has 3 amide bonds. The Morgan fingerprint density at radius 2 is 1.89 bits per heavy atom. The molecule has 8 heteroatoms. The third-order valence-corrected chi connectivity index (χ3v) is 6.52. The molecule has 35 heavy (non-hydrogen) atoms. The molecule has 4 rings (SSSR count). The van der Waals surface area contributed by atoms with Crippen molar-refractivity contribution in [1.29, 1.82) is 0 Å². The Labute approximate surface area is 206 Å². The van der Waals surface area contributed by atoms with Gasteiger partial charge in [-0.1, -0.05) is 37.3 Å². The van der Waals surface area contributed by atoms with E-state index in [9.17, 15) is 14.4 Å². The predicted octanol–water partition coefficient (Wildman–Crippen LogP) is 3.51. The summed E-state index contributed by atoms with van der Waals surface area (Å²) in [6, 6.07) is 14.7. The number of fused-ring (bicyclic) bond motifs is 2. The van der Waals surface area contributed by atoms with E-state index in [0.29, 0.717) is 36.4 Å². The van der Waals surface area contributed by atoms with E-state index in [1.807, 2.05) is 37.3 Å². The van der Waals surface area contributed by atoms with Crippen LogP contribution in [0.15, 0.2) is 48.5 Å². The molecule has 0 unspecified atom stereocenters. The fraction of sp³-hybridized carbons (Fsp3) is 0.444. The molecule has 0 aliphatic carbocycles. The zero-order valence-electron chi connectivity index (χ0n) is 20.3. The van der Waals surface area contributed by atoms with Gasteiger partial charge in [0.2, 0.25) is 11.8 Å². The molecule has 2 aliphatic heterocycles. The summed E-state index contributed by atoms with van der Waals surface area (Å²) in [5, 5.41) is 5.79. The Kier molecular flexibility index (Phi) is 8.02. The molecule has 2 aromatic rings. The second-order valence-corrected chi connectivity index (χ2v) is 9.14. The minimum atomic E-state index is -0.332. The lowest BCUT2D eigenvalue weighted by molar-refractivity contribution is -0.134. The van der Waals surface area contributed by atoms with E-state index in [0.717, 1.165) is 18.4 Å². The Balaban J connectivity index is 1.38. The van der Waals surface area contributed by atoms with Crippen molar-refractivity contribution in [3.05, 3.63) is 59.7 Å². The third kappa shape index (κ3) is 6.19. The van der Waals surface area contributed by atoms with Crippen LogP contribution in [0.4, 0.5) is 5.69 Å². The Morgan fingerprint density at radius 1 is 1.09 bits per heavy atom. The summed E-state index contributed by atoms with van der Waals surface area (Å²) in [6.45, 7) is 2.70. The fourth-order valence-electron chi connectivity index (χ4n) is 4.63. The number of anilines is 1. The van der Waals surface area contributed by atoms with Gasteiger partial charge in [-0.15, -0.1) is 0 Å². The van der Waals surface area contributed by atoms with E-state index >= 15 is 0 Å². The number of rotatable bonds is 7. The van der Waals surface area contributed by atoms with Gasteiger partial charge in [-0.2, -0.15) is 0 Å². The lowest BCUT2D eigenvalue weighted by Crippen LogP contribution is -2.53. The summed E-state index contributed by atoms with van der Waals surface area (Å²) in [5.74, 6) is 0.139. The fourth-order valence-corrected chi connectivity index (χ4v) is 4.63. The summed E-state index contributed by atoms with van der Waals surface area (Å²) < 4.78 is 12.2. The van der Waals surface area contributed by atoms with E-state index in [1.54, 1.807) is 30.1 Å². The number of hydrogen-bond donors (Lipinski definition) is 2. The van der Waals surface area contributed by atoms with Gasteiger partial charge in [0.05, 0.1) is 24.1 Å². The van der Waals surface area contributed by atoms with Gasteiger partial charge in [0, 0.05) is 25.7 Å². The second-order valence-electron chi connectivity index (χ2n) is 9.14. The molecular formula is C27H33N3O5. The summed E-state index contributed by atoms with van der Waals surface area (Å²) in [4.78, 5) is 39.5. The molecule has 186 valence electrons. The topological polar surface area (TPSA) is 97.0 Å². The number of carbonyl (C=O) groups excluding carboxylic acids is 3. The first-order chi connectivity index (χ1) is 16.9. The molecule has 2 aromatic carbocycles. The molecule has 1 saturated heterocycles. The number of likely N-dealkylation sites (N-methyl/N-ethyl adjacent to an activating group) is 1. The molecular weight excluding hydrogens is 446 g/mol. The van der Waals surface area contributed by atoms with Gasteiger partial charge in [0.25, 0.3) is 5.91 Å². The SMILES string of the molecule is CCCC(=O)Nc1ccc2c(c1)C(=O)N(C)[C@H]1CC[C@@H](CC(=O)NCc3ccccc3)O[C@H]1CO2. The zero-order valence-corrected chi connectivity index (χ0v) is 20.3. The highest BCUT2D eigenvalue weighted by Crippen LogP contribution is 2.32. The van der Waals surface area contributed by atoms with Crippen LogP contribution in [0.25, 0.3) is 0 Å². The minimum absolute atomic E-state index is 0.0588. The van der Waals surface area contributed by atoms with Crippen molar-refractivity contribution in [2.45, 2.75) is 63.8 Å². The van der Waals surface area contributed by atoms with E-state index in [-0.39, 0.29) is 49.0 Å². The first-order valence-corrected chi connectivity index (χ1v) is 12.2. The van der Waals surface area contributed by atoms with Crippen molar-refractivity contribution in [2.24, 2.45) is 0 Å². The van der Waals surface area contributed by atoms with Gasteiger partial charge in [-0.3, -0.25) is 14.4 Å². The van der Waals surface area contributed by atoms with Crippen LogP contribution in [-0.2, 0) is 20.9 Å². The number of amides is 3. The van der Waals surface area contributed by atoms with Crippen LogP contribution in [0.5, 0.6) is 5.75 Å². The Hall–Kier alpha value is -3.39. The van der Waals surface area contributed by atoms with E-state index in [2.05, 4.69) is 10.6 Å². The molecule has 0 bridgehead atoms. The Bertz CT molecular complexity index is 1060. The Morgan fingerprint density at radius 3 is 2.66 bits per heavy atom. The quantitative estimate of drug-likeness (QED) is 0.634. The van der Waals surface area contributed by atoms with Crippen molar-refractivity contribution in [1.82, 2.24) is 10.2 Å². The number of benzene rings is 2. The average molecular weight is 480 g/mol. The maximum atomic E-state index is 13.3. The van der Waals surface area contributed by atoms with Crippen molar-refractivity contribution in [2.75, 3.05) is 19.0 Å². The highest BCUT2D eigenvalue weighted by atomic mass is 16.5. The standard InChI is InChI=1S/C27H33N3O5/c1-3-7-25(31)29-19-10-13-23-21(14-19)27(33)30(2)22-12-11-20(35-24(22)17-34-23)15-26(32)28-16-18-8-5-4-6-9-18/h4-6,8-10,13-14,20,22,24H,3,7,11-12,15-17H2,1-2H3,(H,28,32)(H,29,31)/t20-,22-,24-/m0/s1. The largest absolute Gasteiger partial charge is 0.490 e. The second kappa shape index (κ2) is 11.4. The van der Waals surface area contributed by atoms with Crippen LogP contribution < -0.4 is 15.4 Å². The van der Waals surface area contributed by atoms with Gasteiger partial charge < -0.3 is 25.0 Å². The van der Waals surface area contributed by atoms with Crippen LogP contribution in [0.2, 0.25) is 0 Å². The van der Waals surface area contributed by atoms with Crippen LogP contribution in [0, 0.1) is 0 Å². The zero-order chi connectivity index (χ0) is 24.8. The minimum Gasteiger partial charge on any atom is -0.490 e. The van der Waals surface area contributed by atoms with Crippen LogP contribution in [0.1, 0.15) is 54.9 Å². The normalized spacial score (nSPS) is 21.6. The average Bonchev–Trinajstić information content (AvgIpc) is 2.86. The van der Waals surface area contributed by atoms with Crippen LogP contribution >= 0.6 is 0 Å². The van der Waals surface area contributed by atoms with Crippen molar-refractivity contribution < 1.29 is 23.9 Å². The monoisotopic (exact) mass is 479 g/mol. The molecule has 0 radical (unpaired) electrons. The summed E-state index contributed by atoms with van der Waals surface area (Å²) in [5.41, 5.74) is 2.04. The number of nitrogens with zero attached hydrogens (tertiary/aromatic N) is 1. The summed E-state index contributed by atoms with van der Waals surface area (Å²) in [7, 11) is 1.77. The van der Waals surface area contributed by atoms with Crippen molar-refractivity contribution in [3.8, 4) is 5.75 Å². The highest BCUT2D eigenvalue weighted by molar-refractivity contribution is 5.99. The summed E-state index contributed by atoms with van der Waals surface area (Å²) in [6.07, 6.45) is 2.28. The number of hydrogen-bond acceptors (Lipinski definition) is 5. The molecule has 3 atom stereocenters. The molecule has 0 aromatic heterocycles. The molecule has 2 N–H and O–H groups in total. The first kappa shape index (κ1) is 24.7. The smallest absolute Gasteiger partial charge is 0.257 e. The van der Waals surface area contributed by atoms with Crippen molar-refractivity contribution >= 4 is 23.4 Å². The lowest BCUT2D eigenvalue weighted by atomic mass is 9.94. The van der Waals surface area contributed by atoms with Crippen LogP contribution in [0.3, 0.4) is 0 Å².